The highest BCUT2D eigenvalue weighted by Crippen LogP contribution is 2.25. The summed E-state index contributed by atoms with van der Waals surface area (Å²) in [6, 6.07) is -2.62. The summed E-state index contributed by atoms with van der Waals surface area (Å²) in [7, 11) is 0. The lowest BCUT2D eigenvalue weighted by Gasteiger charge is -2.38. The van der Waals surface area contributed by atoms with Gasteiger partial charge in [-0.1, -0.05) is 0 Å². The molecule has 2 rings (SSSR count). The van der Waals surface area contributed by atoms with Crippen molar-refractivity contribution in [2.24, 2.45) is 0 Å². The lowest BCUT2D eigenvalue weighted by molar-refractivity contribution is -0.158. The number of β-amino-alcohol motifs (C(OH)–C–C–N with tert-alkyl or cyclic N) is 1. The third kappa shape index (κ3) is 14.6. The molecule has 16 nitrogen and oxygen atoms in total. The molecule has 2 aliphatic heterocycles. The second kappa shape index (κ2) is 17.1. The summed E-state index contributed by atoms with van der Waals surface area (Å²) in [5.74, 6) is -2.75. The predicted molar refractivity (Wildman–Crippen MR) is 174 cm³/mol. The SMILES string of the molecule is CC(C)(C)OC(=O)CN1CCN(CC(=O)OC(C)(C)C)CCN([C@@H]2[C@@H](O)CN(C(=O)O)[C@H]2C(=O)O)CCN(CC(=O)OC(C)(C)C)CC1. The summed E-state index contributed by atoms with van der Waals surface area (Å²) in [5.41, 5.74) is -2.13. The van der Waals surface area contributed by atoms with Crippen molar-refractivity contribution in [1.29, 1.82) is 0 Å². The van der Waals surface area contributed by atoms with Crippen molar-refractivity contribution in [3.8, 4) is 0 Å². The number of hydrogen-bond donors (Lipinski definition) is 3. The number of nitrogens with zero attached hydrogens (tertiary/aromatic N) is 5. The minimum absolute atomic E-state index is 0.0243. The Morgan fingerprint density at radius 1 is 0.583 bits per heavy atom. The molecule has 0 aromatic rings. The van der Waals surface area contributed by atoms with Gasteiger partial charge in [-0.3, -0.25) is 38.9 Å². The van der Waals surface area contributed by atoms with Gasteiger partial charge in [-0.15, -0.1) is 0 Å². The fourth-order valence-electron chi connectivity index (χ4n) is 5.73. The fraction of sp³-hybridized carbons (Fsp3) is 0.844. The van der Waals surface area contributed by atoms with E-state index in [1.165, 1.54) is 0 Å². The third-order valence-corrected chi connectivity index (χ3v) is 7.55. The van der Waals surface area contributed by atoms with Crippen molar-refractivity contribution in [1.82, 2.24) is 24.5 Å². The van der Waals surface area contributed by atoms with Gasteiger partial charge in [0.1, 0.15) is 16.8 Å². The number of aliphatic hydroxyl groups excluding tert-OH is 1. The van der Waals surface area contributed by atoms with E-state index in [9.17, 15) is 39.3 Å². The number of carbonyl (C=O) groups is 5. The highest BCUT2D eigenvalue weighted by atomic mass is 16.6. The Morgan fingerprint density at radius 2 is 0.896 bits per heavy atom. The molecule has 0 bridgehead atoms. The minimum Gasteiger partial charge on any atom is -0.480 e. The standard InChI is InChI=1S/C32H57N5O11/c1-30(2,3)46-23(39)19-33-10-12-34(20-24(40)47-31(4,5)6)14-16-36(26-22(38)18-37(29(44)45)27(26)28(42)43)17-15-35(13-11-33)21-25(41)48-32(7,8)9/h22,26-27,38H,10-21H2,1-9H3,(H,42,43)(H,44,45)/t22-,26+,27+/m0/s1. The van der Waals surface area contributed by atoms with Crippen LogP contribution in [-0.4, -0.2) is 183 Å². The van der Waals surface area contributed by atoms with Gasteiger partial charge in [0.15, 0.2) is 6.04 Å². The lowest BCUT2D eigenvalue weighted by Crippen LogP contribution is -2.57. The van der Waals surface area contributed by atoms with E-state index in [1.54, 1.807) is 67.2 Å². The maximum Gasteiger partial charge on any atom is 0.408 e. The van der Waals surface area contributed by atoms with Gasteiger partial charge in [0.25, 0.3) is 0 Å². The average molecular weight is 688 g/mol. The van der Waals surface area contributed by atoms with Crippen LogP contribution in [0.1, 0.15) is 62.3 Å². The summed E-state index contributed by atoms with van der Waals surface area (Å²) in [4.78, 5) is 70.9. The zero-order valence-electron chi connectivity index (χ0n) is 30.1. The highest BCUT2D eigenvalue weighted by molar-refractivity contribution is 5.81. The fourth-order valence-corrected chi connectivity index (χ4v) is 5.73. The van der Waals surface area contributed by atoms with Gasteiger partial charge >= 0.3 is 30.0 Å². The van der Waals surface area contributed by atoms with Crippen molar-refractivity contribution in [2.45, 2.75) is 97.3 Å². The molecule has 1 amide bonds. The van der Waals surface area contributed by atoms with E-state index in [2.05, 4.69) is 0 Å². The summed E-state index contributed by atoms with van der Waals surface area (Å²) in [5, 5.41) is 30.8. The molecule has 276 valence electrons. The second-order valence-corrected chi connectivity index (χ2v) is 15.4. The van der Waals surface area contributed by atoms with Crippen LogP contribution in [0.25, 0.3) is 0 Å². The number of ether oxygens (including phenoxy) is 3. The molecule has 0 saturated carbocycles. The van der Waals surface area contributed by atoms with Crippen LogP contribution in [0.15, 0.2) is 0 Å². The number of aliphatic carboxylic acids is 1. The van der Waals surface area contributed by atoms with Crippen molar-refractivity contribution in [3.05, 3.63) is 0 Å². The van der Waals surface area contributed by atoms with Crippen molar-refractivity contribution >= 4 is 30.0 Å². The van der Waals surface area contributed by atoms with Crippen LogP contribution in [0.5, 0.6) is 0 Å². The van der Waals surface area contributed by atoms with Crippen molar-refractivity contribution in [3.63, 3.8) is 0 Å². The first-order valence-electron chi connectivity index (χ1n) is 16.4. The van der Waals surface area contributed by atoms with E-state index in [0.29, 0.717) is 26.2 Å². The molecule has 0 aromatic heterocycles. The highest BCUT2D eigenvalue weighted by Gasteiger charge is 2.50. The Bertz CT molecular complexity index is 1080. The molecular formula is C32H57N5O11. The average Bonchev–Trinajstić information content (AvgIpc) is 3.23. The zero-order valence-corrected chi connectivity index (χ0v) is 30.1. The molecule has 2 fully saturated rings. The molecule has 3 N–H and O–H groups in total. The van der Waals surface area contributed by atoms with Crippen LogP contribution >= 0.6 is 0 Å². The summed E-state index contributed by atoms with van der Waals surface area (Å²) in [6.45, 7) is 17.4. The number of carbonyl (C=O) groups excluding carboxylic acids is 3. The Kier molecular flexibility index (Phi) is 14.6. The molecular weight excluding hydrogens is 630 g/mol. The summed E-state index contributed by atoms with van der Waals surface area (Å²) < 4.78 is 16.7. The van der Waals surface area contributed by atoms with Crippen LogP contribution in [0, 0.1) is 0 Å². The largest absolute Gasteiger partial charge is 0.480 e. The zero-order chi connectivity index (χ0) is 36.6. The minimum atomic E-state index is -1.53. The van der Waals surface area contributed by atoms with Crippen LogP contribution < -0.4 is 0 Å². The maximum atomic E-state index is 12.9. The third-order valence-electron chi connectivity index (χ3n) is 7.55. The van der Waals surface area contributed by atoms with Gasteiger partial charge < -0.3 is 29.5 Å². The van der Waals surface area contributed by atoms with Crippen LogP contribution in [0.3, 0.4) is 0 Å². The first kappa shape index (κ1) is 41.1. The number of carboxylic acid groups (broad SMARTS) is 2. The number of amides is 1. The molecule has 0 unspecified atom stereocenters. The Labute approximate surface area is 283 Å². The van der Waals surface area contributed by atoms with Crippen LogP contribution in [-0.2, 0) is 33.4 Å². The molecule has 0 radical (unpaired) electrons. The number of hydrogen-bond acceptors (Lipinski definition) is 13. The van der Waals surface area contributed by atoms with Gasteiger partial charge in [0.2, 0.25) is 0 Å². The van der Waals surface area contributed by atoms with E-state index in [0.717, 1.165) is 4.90 Å². The second-order valence-electron chi connectivity index (χ2n) is 15.4. The van der Waals surface area contributed by atoms with Gasteiger partial charge in [-0.2, -0.15) is 0 Å². The Balaban J connectivity index is 2.45. The van der Waals surface area contributed by atoms with E-state index in [4.69, 9.17) is 14.2 Å². The number of aliphatic hydroxyl groups is 1. The van der Waals surface area contributed by atoms with E-state index >= 15 is 0 Å². The van der Waals surface area contributed by atoms with E-state index in [-0.39, 0.29) is 52.4 Å². The summed E-state index contributed by atoms with van der Waals surface area (Å²) >= 11 is 0. The van der Waals surface area contributed by atoms with Gasteiger partial charge in [0, 0.05) is 52.4 Å². The van der Waals surface area contributed by atoms with Crippen LogP contribution in [0.4, 0.5) is 4.79 Å². The number of carboxylic acids is 1. The molecule has 2 heterocycles. The smallest absolute Gasteiger partial charge is 0.408 e. The van der Waals surface area contributed by atoms with Gasteiger partial charge in [-0.05, 0) is 62.3 Å². The molecule has 2 saturated heterocycles. The number of esters is 3. The van der Waals surface area contributed by atoms with Gasteiger partial charge in [0.05, 0.1) is 38.3 Å². The van der Waals surface area contributed by atoms with Crippen LogP contribution in [0.2, 0.25) is 0 Å². The molecule has 2 aliphatic rings. The normalized spacial score (nSPS) is 23.5. The summed E-state index contributed by atoms with van der Waals surface area (Å²) in [6.07, 6.45) is -2.75. The maximum absolute atomic E-state index is 12.9. The van der Waals surface area contributed by atoms with E-state index in [1.807, 2.05) is 14.7 Å². The molecule has 0 aromatic carbocycles. The lowest BCUT2D eigenvalue weighted by atomic mass is 10.0. The quantitative estimate of drug-likeness (QED) is 0.235. The van der Waals surface area contributed by atoms with Crippen molar-refractivity contribution < 1.29 is 53.5 Å². The Morgan fingerprint density at radius 3 is 1.17 bits per heavy atom. The molecule has 16 heteroatoms. The van der Waals surface area contributed by atoms with Crippen molar-refractivity contribution in [2.75, 3.05) is 78.5 Å². The monoisotopic (exact) mass is 687 g/mol. The van der Waals surface area contributed by atoms with Gasteiger partial charge in [-0.25, -0.2) is 9.59 Å². The number of rotatable bonds is 8. The topological polar surface area (TPSA) is 190 Å². The molecule has 3 atom stereocenters. The Hall–Kier alpha value is -3.05. The predicted octanol–water partition coefficient (Wildman–Crippen LogP) is 0.409. The number of likely N-dealkylation sites (tertiary alicyclic amines) is 1. The van der Waals surface area contributed by atoms with E-state index < -0.39 is 65.0 Å². The molecule has 48 heavy (non-hydrogen) atoms. The first-order valence-corrected chi connectivity index (χ1v) is 16.4. The molecule has 0 spiro atoms. The molecule has 0 aliphatic carbocycles. The first-order chi connectivity index (χ1) is 21.9.